The molecule has 39 heavy (non-hydrogen) atoms. The van der Waals surface area contributed by atoms with Gasteiger partial charge in [-0.3, -0.25) is 14.8 Å². The van der Waals surface area contributed by atoms with Crippen LogP contribution in [0.2, 0.25) is 0 Å². The van der Waals surface area contributed by atoms with Crippen molar-refractivity contribution in [2.45, 2.75) is 45.7 Å². The quantitative estimate of drug-likeness (QED) is 0.144. The molecule has 0 radical (unpaired) electrons. The second kappa shape index (κ2) is 12.4. The van der Waals surface area contributed by atoms with Crippen LogP contribution in [-0.4, -0.2) is 55.8 Å². The molecule has 9 heteroatoms. The summed E-state index contributed by atoms with van der Waals surface area (Å²) in [5, 5.41) is 22.5. The molecule has 3 aromatic carbocycles. The molecule has 1 atom stereocenters. The van der Waals surface area contributed by atoms with E-state index in [0.717, 1.165) is 46.4 Å². The SMILES string of the molecule is CCCc1nc2c(C)cc(C(=O)NC(Cc3ccccc3)CN(O)C=O)cc2n1Cc1ccc(C(=O)O)cc1. The molecule has 4 rings (SSSR count). The molecule has 0 bridgehead atoms. The van der Waals surface area contributed by atoms with E-state index in [1.54, 1.807) is 30.3 Å². The van der Waals surface area contributed by atoms with E-state index in [1.165, 1.54) is 0 Å². The zero-order valence-electron chi connectivity index (χ0n) is 22.0. The summed E-state index contributed by atoms with van der Waals surface area (Å²) in [7, 11) is 0. The summed E-state index contributed by atoms with van der Waals surface area (Å²) in [4.78, 5) is 40.6. The van der Waals surface area contributed by atoms with Crippen molar-refractivity contribution in [2.24, 2.45) is 0 Å². The van der Waals surface area contributed by atoms with Gasteiger partial charge >= 0.3 is 5.97 Å². The van der Waals surface area contributed by atoms with Crippen molar-refractivity contribution in [2.75, 3.05) is 6.54 Å². The molecule has 1 heterocycles. The third kappa shape index (κ3) is 6.69. The highest BCUT2D eigenvalue weighted by atomic mass is 16.5. The minimum atomic E-state index is -0.976. The number of aromatic carboxylic acids is 1. The highest BCUT2D eigenvalue weighted by molar-refractivity contribution is 5.98. The summed E-state index contributed by atoms with van der Waals surface area (Å²) in [6.07, 6.45) is 2.39. The number of aryl methyl sites for hydroxylation is 2. The van der Waals surface area contributed by atoms with Crippen LogP contribution in [0.25, 0.3) is 11.0 Å². The summed E-state index contributed by atoms with van der Waals surface area (Å²) in [5.74, 6) is -0.411. The molecule has 2 amide bonds. The summed E-state index contributed by atoms with van der Waals surface area (Å²) >= 11 is 0. The van der Waals surface area contributed by atoms with E-state index in [1.807, 2.05) is 43.3 Å². The second-order valence-electron chi connectivity index (χ2n) is 9.61. The predicted molar refractivity (Wildman–Crippen MR) is 147 cm³/mol. The average molecular weight is 529 g/mol. The fraction of sp³-hybridized carbons (Fsp3) is 0.267. The van der Waals surface area contributed by atoms with Gasteiger partial charge in [0.1, 0.15) is 5.82 Å². The molecule has 1 aromatic heterocycles. The first kappa shape index (κ1) is 27.5. The Morgan fingerprint density at radius 2 is 1.77 bits per heavy atom. The largest absolute Gasteiger partial charge is 0.478 e. The Hall–Kier alpha value is -4.50. The lowest BCUT2D eigenvalue weighted by molar-refractivity contribution is -0.150. The molecule has 0 spiro atoms. The number of carbonyl (C=O) groups excluding carboxylic acids is 2. The maximum absolute atomic E-state index is 13.4. The first-order valence-electron chi connectivity index (χ1n) is 12.9. The van der Waals surface area contributed by atoms with Gasteiger partial charge in [0.05, 0.1) is 29.2 Å². The lowest BCUT2D eigenvalue weighted by atomic mass is 10.0. The zero-order chi connectivity index (χ0) is 27.9. The van der Waals surface area contributed by atoms with Crippen LogP contribution in [0.1, 0.15) is 56.6 Å². The topological polar surface area (TPSA) is 125 Å². The Labute approximate surface area is 226 Å². The van der Waals surface area contributed by atoms with Crippen molar-refractivity contribution in [3.63, 3.8) is 0 Å². The number of imidazole rings is 1. The lowest BCUT2D eigenvalue weighted by Crippen LogP contribution is -2.44. The van der Waals surface area contributed by atoms with Crippen LogP contribution in [-0.2, 0) is 24.2 Å². The number of carboxylic acid groups (broad SMARTS) is 1. The molecule has 9 nitrogen and oxygen atoms in total. The molecule has 3 N–H and O–H groups in total. The van der Waals surface area contributed by atoms with Gasteiger partial charge in [0.25, 0.3) is 5.91 Å². The third-order valence-corrected chi connectivity index (χ3v) is 6.59. The Bertz CT molecular complexity index is 1460. The second-order valence-corrected chi connectivity index (χ2v) is 9.61. The first-order valence-corrected chi connectivity index (χ1v) is 12.9. The van der Waals surface area contributed by atoms with Crippen molar-refractivity contribution in [1.29, 1.82) is 0 Å². The monoisotopic (exact) mass is 528 g/mol. The number of hydrogen-bond donors (Lipinski definition) is 3. The van der Waals surface area contributed by atoms with Crippen LogP contribution in [0, 0.1) is 6.92 Å². The Morgan fingerprint density at radius 1 is 1.05 bits per heavy atom. The number of nitrogens with zero attached hydrogens (tertiary/aromatic N) is 3. The van der Waals surface area contributed by atoms with Gasteiger partial charge in [-0.15, -0.1) is 0 Å². The summed E-state index contributed by atoms with van der Waals surface area (Å²) in [6.45, 7) is 4.41. The van der Waals surface area contributed by atoms with Gasteiger partial charge < -0.3 is 15.0 Å². The van der Waals surface area contributed by atoms with Crippen LogP contribution in [0.5, 0.6) is 0 Å². The minimum Gasteiger partial charge on any atom is -0.478 e. The van der Waals surface area contributed by atoms with Crippen molar-refractivity contribution in [3.05, 3.63) is 100 Å². The van der Waals surface area contributed by atoms with Crippen molar-refractivity contribution in [1.82, 2.24) is 19.9 Å². The highest BCUT2D eigenvalue weighted by Gasteiger charge is 2.20. The Morgan fingerprint density at radius 3 is 2.41 bits per heavy atom. The fourth-order valence-corrected chi connectivity index (χ4v) is 4.70. The molecule has 0 aliphatic rings. The van der Waals surface area contributed by atoms with E-state index >= 15 is 0 Å². The van der Waals surface area contributed by atoms with E-state index in [-0.39, 0.29) is 18.0 Å². The number of benzene rings is 3. The molecule has 1 unspecified atom stereocenters. The van der Waals surface area contributed by atoms with Gasteiger partial charge in [0, 0.05) is 18.5 Å². The molecule has 4 aromatic rings. The van der Waals surface area contributed by atoms with Gasteiger partial charge in [-0.1, -0.05) is 49.4 Å². The van der Waals surface area contributed by atoms with Crippen LogP contribution in [0.4, 0.5) is 0 Å². The summed E-state index contributed by atoms with van der Waals surface area (Å²) in [5.41, 5.74) is 5.01. The van der Waals surface area contributed by atoms with E-state index in [2.05, 4.69) is 16.8 Å². The molecule has 0 aliphatic carbocycles. The van der Waals surface area contributed by atoms with Gasteiger partial charge in [0.2, 0.25) is 6.41 Å². The standard InChI is InChI=1S/C30H32N4O5/c1-3-7-27-32-28-20(2)14-24(16-26(28)34(27)17-22-10-12-23(13-11-22)30(37)38)29(36)31-25(18-33(39)19-35)15-21-8-5-4-6-9-21/h4-6,8-14,16,19,25,39H,3,7,15,17-18H2,1-2H3,(H,31,36)(H,37,38). The predicted octanol–water partition coefficient (Wildman–Crippen LogP) is 4.23. The van der Waals surface area contributed by atoms with Crippen LogP contribution < -0.4 is 5.32 Å². The minimum absolute atomic E-state index is 0.0592. The molecule has 0 saturated heterocycles. The number of fused-ring (bicyclic) bond motifs is 1. The van der Waals surface area contributed by atoms with Gasteiger partial charge in [0.15, 0.2) is 0 Å². The number of nitrogens with one attached hydrogen (secondary N) is 1. The number of hydroxylamine groups is 2. The van der Waals surface area contributed by atoms with Crippen LogP contribution in [0.15, 0.2) is 66.7 Å². The molecule has 0 saturated carbocycles. The molecule has 0 aliphatic heterocycles. The number of amides is 2. The third-order valence-electron chi connectivity index (χ3n) is 6.59. The van der Waals surface area contributed by atoms with Crippen molar-refractivity contribution in [3.8, 4) is 0 Å². The average Bonchev–Trinajstić information content (AvgIpc) is 3.27. The summed E-state index contributed by atoms with van der Waals surface area (Å²) in [6, 6.07) is 19.4. The van der Waals surface area contributed by atoms with Crippen molar-refractivity contribution >= 4 is 29.3 Å². The normalized spacial score (nSPS) is 11.8. The van der Waals surface area contributed by atoms with Crippen molar-refractivity contribution < 1.29 is 24.7 Å². The van der Waals surface area contributed by atoms with E-state index in [9.17, 15) is 24.7 Å². The fourth-order valence-electron chi connectivity index (χ4n) is 4.70. The van der Waals surface area contributed by atoms with Gasteiger partial charge in [-0.2, -0.15) is 0 Å². The molecular weight excluding hydrogens is 496 g/mol. The van der Waals surface area contributed by atoms with Crippen LogP contribution in [0.3, 0.4) is 0 Å². The number of hydrogen-bond acceptors (Lipinski definition) is 5. The molecule has 0 fully saturated rings. The van der Waals surface area contributed by atoms with Gasteiger partial charge in [-0.25, -0.2) is 14.8 Å². The van der Waals surface area contributed by atoms with Crippen LogP contribution >= 0.6 is 0 Å². The highest BCUT2D eigenvalue weighted by Crippen LogP contribution is 2.24. The Balaban J connectivity index is 1.66. The zero-order valence-corrected chi connectivity index (χ0v) is 22.0. The Kier molecular flexibility index (Phi) is 8.73. The van der Waals surface area contributed by atoms with E-state index < -0.39 is 12.0 Å². The summed E-state index contributed by atoms with van der Waals surface area (Å²) < 4.78 is 2.07. The maximum Gasteiger partial charge on any atom is 0.335 e. The number of rotatable bonds is 12. The molecule has 202 valence electrons. The number of carbonyl (C=O) groups is 3. The number of aromatic nitrogens is 2. The van der Waals surface area contributed by atoms with E-state index in [0.29, 0.717) is 30.0 Å². The number of carboxylic acids is 1. The lowest BCUT2D eigenvalue weighted by Gasteiger charge is -2.22. The smallest absolute Gasteiger partial charge is 0.335 e. The molecular formula is C30H32N4O5. The first-order chi connectivity index (χ1) is 18.8. The van der Waals surface area contributed by atoms with E-state index in [4.69, 9.17) is 4.98 Å². The maximum atomic E-state index is 13.4. The van der Waals surface area contributed by atoms with Gasteiger partial charge in [-0.05, 0) is 60.7 Å².